The third-order valence-electron chi connectivity index (χ3n) is 5.46. The second kappa shape index (κ2) is 7.77. The fourth-order valence-corrected chi connectivity index (χ4v) is 4.21. The van der Waals surface area contributed by atoms with Crippen LogP contribution in [0.3, 0.4) is 0 Å². The Labute approximate surface area is 163 Å². The van der Waals surface area contributed by atoms with Gasteiger partial charge < -0.3 is 10.5 Å². The molecular formula is C18H19ClF4N2O3. The number of cyclic esters (lactones) is 1. The molecule has 5 nitrogen and oxygen atoms in total. The highest BCUT2D eigenvalue weighted by Gasteiger charge is 2.46. The van der Waals surface area contributed by atoms with Crippen LogP contribution in [0.25, 0.3) is 0 Å². The molecule has 2 fully saturated rings. The van der Waals surface area contributed by atoms with Gasteiger partial charge in [-0.25, -0.2) is 9.18 Å². The van der Waals surface area contributed by atoms with Crippen LogP contribution in [0, 0.1) is 17.7 Å². The lowest BCUT2D eigenvalue weighted by atomic mass is 9.76. The van der Waals surface area contributed by atoms with Gasteiger partial charge >= 0.3 is 12.3 Å². The number of nitrogens with two attached hydrogens (primary N) is 1. The molecule has 0 radical (unpaired) electrons. The van der Waals surface area contributed by atoms with Crippen molar-refractivity contribution in [3.8, 4) is 0 Å². The first-order valence-corrected chi connectivity index (χ1v) is 9.24. The first kappa shape index (κ1) is 20.7. The largest absolute Gasteiger partial charge is 0.434 e. The summed E-state index contributed by atoms with van der Waals surface area (Å²) in [6.07, 6.45) is -5.89. The quantitative estimate of drug-likeness (QED) is 0.739. The van der Waals surface area contributed by atoms with Crippen molar-refractivity contribution in [2.75, 3.05) is 6.54 Å². The highest BCUT2D eigenvalue weighted by Crippen LogP contribution is 2.46. The molecule has 2 N–H and O–H groups in total. The van der Waals surface area contributed by atoms with Gasteiger partial charge in [-0.15, -0.1) is 0 Å². The molecule has 1 saturated heterocycles. The van der Waals surface area contributed by atoms with Crippen molar-refractivity contribution in [2.45, 2.75) is 44.0 Å². The van der Waals surface area contributed by atoms with E-state index in [-0.39, 0.29) is 43.2 Å². The molecule has 1 saturated carbocycles. The molecule has 0 aromatic heterocycles. The molecule has 1 aliphatic carbocycles. The summed E-state index contributed by atoms with van der Waals surface area (Å²) < 4.78 is 57.6. The van der Waals surface area contributed by atoms with E-state index >= 15 is 0 Å². The van der Waals surface area contributed by atoms with Gasteiger partial charge in [-0.05, 0) is 49.3 Å². The third kappa shape index (κ3) is 4.19. The Kier molecular flexibility index (Phi) is 5.74. The fourth-order valence-electron chi connectivity index (χ4n) is 4.02. The van der Waals surface area contributed by atoms with Gasteiger partial charge in [0, 0.05) is 0 Å². The van der Waals surface area contributed by atoms with E-state index in [4.69, 9.17) is 22.1 Å². The number of primary amides is 1. The van der Waals surface area contributed by atoms with E-state index in [2.05, 4.69) is 0 Å². The standard InChI is InChI=1S/C18H19ClF4N2O3/c19-12-7-10(3-6-13(12)20)15(25-8-14(16(24)26)28-17(25)27)9-1-4-11(5-2-9)18(21,22)23/h3,6-7,9,11,14-15H,1-2,4-5,8H2,(H2,24,26)/t9?,11?,14?,15-/m1/s1. The zero-order valence-corrected chi connectivity index (χ0v) is 15.5. The minimum atomic E-state index is -4.26. The minimum absolute atomic E-state index is 0.0677. The second-order valence-corrected chi connectivity index (χ2v) is 7.61. The lowest BCUT2D eigenvalue weighted by Gasteiger charge is -2.38. The molecule has 1 aromatic carbocycles. The third-order valence-corrected chi connectivity index (χ3v) is 5.75. The van der Waals surface area contributed by atoms with Crippen LogP contribution in [0.1, 0.15) is 37.3 Å². The van der Waals surface area contributed by atoms with Crippen molar-refractivity contribution < 1.29 is 31.9 Å². The average Bonchev–Trinajstić information content (AvgIpc) is 3.00. The second-order valence-electron chi connectivity index (χ2n) is 7.20. The van der Waals surface area contributed by atoms with E-state index in [1.165, 1.54) is 17.0 Å². The number of ether oxygens (including phenoxy) is 1. The van der Waals surface area contributed by atoms with Crippen molar-refractivity contribution in [3.05, 3.63) is 34.6 Å². The monoisotopic (exact) mass is 422 g/mol. The summed E-state index contributed by atoms with van der Waals surface area (Å²) >= 11 is 5.87. The molecule has 10 heteroatoms. The van der Waals surface area contributed by atoms with Gasteiger partial charge in [0.1, 0.15) is 5.82 Å². The topological polar surface area (TPSA) is 72.6 Å². The molecular weight excluding hydrogens is 404 g/mol. The average molecular weight is 423 g/mol. The summed E-state index contributed by atoms with van der Waals surface area (Å²) in [6, 6.07) is 3.23. The summed E-state index contributed by atoms with van der Waals surface area (Å²) in [4.78, 5) is 25.0. The van der Waals surface area contributed by atoms with Crippen LogP contribution in [0.15, 0.2) is 18.2 Å². The van der Waals surface area contributed by atoms with Crippen LogP contribution in [0.5, 0.6) is 0 Å². The van der Waals surface area contributed by atoms with Crippen molar-refractivity contribution in [1.82, 2.24) is 4.90 Å². The Bertz CT molecular complexity index is 766. The van der Waals surface area contributed by atoms with Gasteiger partial charge in [-0.3, -0.25) is 9.69 Å². The van der Waals surface area contributed by atoms with Crippen LogP contribution in [-0.2, 0) is 9.53 Å². The number of carbonyl (C=O) groups excluding carboxylic acids is 2. The molecule has 0 spiro atoms. The van der Waals surface area contributed by atoms with Crippen LogP contribution in [0.2, 0.25) is 5.02 Å². The van der Waals surface area contributed by atoms with E-state index in [1.807, 2.05) is 0 Å². The molecule has 1 aliphatic heterocycles. The summed E-state index contributed by atoms with van der Waals surface area (Å²) in [5.41, 5.74) is 5.69. The highest BCUT2D eigenvalue weighted by atomic mass is 35.5. The number of hydrogen-bond donors (Lipinski definition) is 1. The lowest BCUT2D eigenvalue weighted by molar-refractivity contribution is -0.185. The van der Waals surface area contributed by atoms with Crippen molar-refractivity contribution in [3.63, 3.8) is 0 Å². The van der Waals surface area contributed by atoms with E-state index < -0.39 is 42.1 Å². The Hall–Kier alpha value is -2.03. The summed E-state index contributed by atoms with van der Waals surface area (Å²) in [6.45, 7) is -0.118. The van der Waals surface area contributed by atoms with Gasteiger partial charge in [0.25, 0.3) is 5.91 Å². The summed E-state index contributed by atoms with van der Waals surface area (Å²) in [5, 5.41) is -0.162. The molecule has 28 heavy (non-hydrogen) atoms. The molecule has 1 unspecified atom stereocenters. The Morgan fingerprint density at radius 3 is 2.39 bits per heavy atom. The zero-order chi connectivity index (χ0) is 20.6. The Morgan fingerprint density at radius 1 is 1.25 bits per heavy atom. The molecule has 1 heterocycles. The van der Waals surface area contributed by atoms with Gasteiger partial charge in [0.2, 0.25) is 0 Å². The van der Waals surface area contributed by atoms with Crippen molar-refractivity contribution in [1.29, 1.82) is 0 Å². The molecule has 3 rings (SSSR count). The van der Waals surface area contributed by atoms with E-state index in [9.17, 15) is 27.2 Å². The van der Waals surface area contributed by atoms with Crippen LogP contribution in [0.4, 0.5) is 22.4 Å². The lowest BCUT2D eigenvalue weighted by Crippen LogP contribution is -2.39. The van der Waals surface area contributed by atoms with Gasteiger partial charge in [0.05, 0.1) is 23.5 Å². The maximum absolute atomic E-state index is 13.6. The number of benzene rings is 1. The number of hydrogen-bond acceptors (Lipinski definition) is 3. The first-order valence-electron chi connectivity index (χ1n) is 8.86. The summed E-state index contributed by atoms with van der Waals surface area (Å²) in [5.74, 6) is -3.17. The number of amides is 2. The SMILES string of the molecule is NC(=O)C1CN([C@@H](c2ccc(F)c(Cl)c2)C2CCC(C(F)(F)F)CC2)C(=O)O1. The number of halogens is 5. The highest BCUT2D eigenvalue weighted by molar-refractivity contribution is 6.30. The van der Waals surface area contributed by atoms with E-state index in [1.54, 1.807) is 0 Å². The molecule has 2 atom stereocenters. The van der Waals surface area contributed by atoms with E-state index in [0.29, 0.717) is 5.56 Å². The first-order chi connectivity index (χ1) is 13.1. The molecule has 2 amide bonds. The predicted octanol–water partition coefficient (Wildman–Crippen LogP) is 4.20. The Morgan fingerprint density at radius 2 is 1.89 bits per heavy atom. The molecule has 154 valence electrons. The van der Waals surface area contributed by atoms with E-state index in [0.717, 1.165) is 6.07 Å². The Balaban J connectivity index is 1.89. The fraction of sp³-hybridized carbons (Fsp3) is 0.556. The minimum Gasteiger partial charge on any atom is -0.434 e. The van der Waals surface area contributed by atoms with Crippen LogP contribution < -0.4 is 5.73 Å². The maximum Gasteiger partial charge on any atom is 0.411 e. The number of alkyl halides is 3. The molecule has 1 aromatic rings. The van der Waals surface area contributed by atoms with Crippen molar-refractivity contribution >= 4 is 23.6 Å². The normalized spacial score (nSPS) is 26.8. The smallest absolute Gasteiger partial charge is 0.411 e. The number of rotatable bonds is 4. The van der Waals surface area contributed by atoms with Gasteiger partial charge in [0.15, 0.2) is 6.10 Å². The van der Waals surface area contributed by atoms with Gasteiger partial charge in [-0.2, -0.15) is 13.2 Å². The molecule has 0 bridgehead atoms. The zero-order valence-electron chi connectivity index (χ0n) is 14.7. The predicted molar refractivity (Wildman–Crippen MR) is 91.8 cm³/mol. The van der Waals surface area contributed by atoms with Crippen LogP contribution in [-0.4, -0.2) is 35.7 Å². The number of carbonyl (C=O) groups is 2. The molecule has 2 aliphatic rings. The van der Waals surface area contributed by atoms with Crippen molar-refractivity contribution in [2.24, 2.45) is 17.6 Å². The van der Waals surface area contributed by atoms with Gasteiger partial charge in [-0.1, -0.05) is 17.7 Å². The maximum atomic E-state index is 13.6. The summed E-state index contributed by atoms with van der Waals surface area (Å²) in [7, 11) is 0. The number of nitrogens with zero attached hydrogens (tertiary/aromatic N) is 1. The van der Waals surface area contributed by atoms with Crippen LogP contribution >= 0.6 is 11.6 Å².